The average Bonchev–Trinajstić information content (AvgIpc) is 2.62. The zero-order chi connectivity index (χ0) is 14.8. The van der Waals surface area contributed by atoms with Gasteiger partial charge in [-0.15, -0.1) is 0 Å². The second-order valence-corrected chi connectivity index (χ2v) is 5.26. The largest absolute Gasteiger partial charge is 0.487 e. The number of rotatable bonds is 3. The van der Waals surface area contributed by atoms with Crippen LogP contribution in [0.1, 0.15) is 12.0 Å². The number of aliphatic carboxylic acids is 1. The second kappa shape index (κ2) is 5.66. The Morgan fingerprint density at radius 3 is 2.86 bits per heavy atom. The fraction of sp³-hybridized carbons (Fsp3) is 0.188. The Balaban J connectivity index is 2.09. The lowest BCUT2D eigenvalue weighted by Crippen LogP contribution is -2.21. The van der Waals surface area contributed by atoms with Gasteiger partial charge in [0.2, 0.25) is 0 Å². The Hall–Kier alpha value is -2.20. The molecule has 0 atom stereocenters. The maximum absolute atomic E-state index is 10.9. The summed E-state index contributed by atoms with van der Waals surface area (Å²) in [5.41, 5.74) is 2.78. The monoisotopic (exact) mass is 303 g/mol. The van der Waals surface area contributed by atoms with Crippen LogP contribution in [0.25, 0.3) is 0 Å². The first-order valence-corrected chi connectivity index (χ1v) is 7.02. The maximum atomic E-state index is 10.9. The lowest BCUT2D eigenvalue weighted by molar-refractivity contribution is -0.136. The molecule has 0 aromatic heterocycles. The smallest absolute Gasteiger partial charge is 0.305 e. The van der Waals surface area contributed by atoms with Gasteiger partial charge in [0, 0.05) is 22.8 Å². The first kappa shape index (κ1) is 13.8. The molecule has 0 bridgehead atoms. The molecule has 0 amide bonds. The summed E-state index contributed by atoms with van der Waals surface area (Å²) in [7, 11) is 0. The number of carbonyl (C=O) groups is 1. The molecular formula is C16H14ClNO3. The van der Waals surface area contributed by atoms with E-state index in [2.05, 4.69) is 0 Å². The van der Waals surface area contributed by atoms with Crippen molar-refractivity contribution in [2.24, 2.45) is 0 Å². The molecule has 1 N–H and O–H groups in total. The van der Waals surface area contributed by atoms with Crippen molar-refractivity contribution >= 4 is 28.9 Å². The molecule has 5 heteroatoms. The van der Waals surface area contributed by atoms with Gasteiger partial charge in [0.1, 0.15) is 12.4 Å². The van der Waals surface area contributed by atoms with Gasteiger partial charge in [0.05, 0.1) is 12.1 Å². The van der Waals surface area contributed by atoms with Crippen LogP contribution in [0.3, 0.4) is 0 Å². The van der Waals surface area contributed by atoms with Gasteiger partial charge >= 0.3 is 5.97 Å². The summed E-state index contributed by atoms with van der Waals surface area (Å²) < 4.78 is 5.82. The molecular weight excluding hydrogens is 290 g/mol. The summed E-state index contributed by atoms with van der Waals surface area (Å²) >= 11 is 6.09. The third kappa shape index (κ3) is 2.81. The third-order valence-corrected chi connectivity index (χ3v) is 3.66. The van der Waals surface area contributed by atoms with Gasteiger partial charge in [0.25, 0.3) is 0 Å². The number of carboxylic acids is 1. The van der Waals surface area contributed by atoms with Gasteiger partial charge in [-0.05, 0) is 24.3 Å². The molecule has 0 unspecified atom stereocenters. The van der Waals surface area contributed by atoms with Gasteiger partial charge in [-0.25, -0.2) is 0 Å². The number of anilines is 2. The average molecular weight is 304 g/mol. The summed E-state index contributed by atoms with van der Waals surface area (Å²) in [6.07, 6.45) is 0.0420. The highest BCUT2D eigenvalue weighted by Gasteiger charge is 2.22. The molecule has 2 aromatic carbocycles. The zero-order valence-corrected chi connectivity index (χ0v) is 12.0. The summed E-state index contributed by atoms with van der Waals surface area (Å²) in [6, 6.07) is 13.2. The van der Waals surface area contributed by atoms with Gasteiger partial charge in [-0.2, -0.15) is 0 Å². The lowest BCUT2D eigenvalue weighted by atomic mass is 10.1. The molecule has 3 rings (SSSR count). The predicted molar refractivity (Wildman–Crippen MR) is 81.5 cm³/mol. The first-order valence-electron chi connectivity index (χ1n) is 6.65. The van der Waals surface area contributed by atoms with Crippen LogP contribution in [0.2, 0.25) is 5.02 Å². The van der Waals surface area contributed by atoms with Gasteiger partial charge in [0.15, 0.2) is 0 Å². The molecule has 1 aliphatic heterocycles. The molecule has 4 nitrogen and oxygen atoms in total. The van der Waals surface area contributed by atoms with E-state index in [4.69, 9.17) is 21.4 Å². The Kier molecular flexibility index (Phi) is 3.71. The van der Waals surface area contributed by atoms with Crippen LogP contribution in [0.15, 0.2) is 42.5 Å². The number of para-hydroxylation sites is 1. The van der Waals surface area contributed by atoms with E-state index in [1.54, 1.807) is 12.1 Å². The van der Waals surface area contributed by atoms with E-state index < -0.39 is 5.97 Å². The van der Waals surface area contributed by atoms with Crippen molar-refractivity contribution in [1.29, 1.82) is 0 Å². The van der Waals surface area contributed by atoms with Crippen molar-refractivity contribution in [1.82, 2.24) is 0 Å². The summed E-state index contributed by atoms with van der Waals surface area (Å²) in [4.78, 5) is 12.9. The van der Waals surface area contributed by atoms with E-state index in [0.29, 0.717) is 23.9 Å². The highest BCUT2D eigenvalue weighted by molar-refractivity contribution is 6.31. The van der Waals surface area contributed by atoms with Crippen molar-refractivity contribution in [2.45, 2.75) is 13.0 Å². The van der Waals surface area contributed by atoms with E-state index in [9.17, 15) is 4.79 Å². The van der Waals surface area contributed by atoms with Gasteiger partial charge < -0.3 is 14.7 Å². The number of carboxylic acid groups (broad SMARTS) is 1. The molecule has 0 saturated heterocycles. The predicted octanol–water partition coefficient (Wildman–Crippen LogP) is 3.85. The minimum absolute atomic E-state index is 0.0420. The van der Waals surface area contributed by atoms with Crippen LogP contribution < -0.4 is 9.64 Å². The van der Waals surface area contributed by atoms with E-state index in [1.807, 2.05) is 35.2 Å². The Labute approximate surface area is 127 Å². The number of nitrogens with zero attached hydrogens (tertiary/aromatic N) is 1. The standard InChI is InChI=1S/C16H14ClNO3/c17-12-5-6-15-14(9-12)18(8-7-16(19)20)13-4-2-1-3-11(13)10-21-15/h1-6,9H,7-8,10H2,(H,19,20). The van der Waals surface area contributed by atoms with Crippen molar-refractivity contribution in [3.05, 3.63) is 53.1 Å². The molecule has 0 radical (unpaired) electrons. The molecule has 1 heterocycles. The Morgan fingerprint density at radius 2 is 2.05 bits per heavy atom. The second-order valence-electron chi connectivity index (χ2n) is 4.82. The number of halogens is 1. The van der Waals surface area contributed by atoms with Gasteiger partial charge in [-0.1, -0.05) is 29.8 Å². The van der Waals surface area contributed by atoms with E-state index in [1.165, 1.54) is 0 Å². The number of benzene rings is 2. The fourth-order valence-corrected chi connectivity index (χ4v) is 2.62. The number of fused-ring (bicyclic) bond motifs is 2. The summed E-state index contributed by atoms with van der Waals surface area (Å²) in [5, 5.41) is 9.58. The van der Waals surface area contributed by atoms with Crippen LogP contribution in [-0.4, -0.2) is 17.6 Å². The van der Waals surface area contributed by atoms with Crippen molar-refractivity contribution in [2.75, 3.05) is 11.4 Å². The van der Waals surface area contributed by atoms with Crippen LogP contribution in [0.5, 0.6) is 5.75 Å². The molecule has 1 aliphatic rings. The van der Waals surface area contributed by atoms with Crippen molar-refractivity contribution in [3.63, 3.8) is 0 Å². The van der Waals surface area contributed by atoms with Crippen LogP contribution in [0.4, 0.5) is 11.4 Å². The molecule has 0 spiro atoms. The zero-order valence-electron chi connectivity index (χ0n) is 11.3. The summed E-state index contributed by atoms with van der Waals surface area (Å²) in [5.74, 6) is -0.123. The minimum Gasteiger partial charge on any atom is -0.487 e. The van der Waals surface area contributed by atoms with Crippen molar-refractivity contribution < 1.29 is 14.6 Å². The molecule has 108 valence electrons. The van der Waals surface area contributed by atoms with Crippen LogP contribution >= 0.6 is 11.6 Å². The maximum Gasteiger partial charge on any atom is 0.305 e. The Bertz CT molecular complexity index is 687. The normalized spacial score (nSPS) is 12.9. The third-order valence-electron chi connectivity index (χ3n) is 3.43. The molecule has 0 aliphatic carbocycles. The number of hydrogen-bond donors (Lipinski definition) is 1. The molecule has 0 saturated carbocycles. The molecule has 2 aromatic rings. The Morgan fingerprint density at radius 1 is 1.24 bits per heavy atom. The highest BCUT2D eigenvalue weighted by atomic mass is 35.5. The van der Waals surface area contributed by atoms with E-state index >= 15 is 0 Å². The SMILES string of the molecule is O=C(O)CCN1c2ccccc2COc2ccc(Cl)cc21. The number of hydrogen-bond acceptors (Lipinski definition) is 3. The number of ether oxygens (including phenoxy) is 1. The topological polar surface area (TPSA) is 49.8 Å². The molecule has 21 heavy (non-hydrogen) atoms. The summed E-state index contributed by atoms with van der Waals surface area (Å²) in [6.45, 7) is 0.817. The minimum atomic E-state index is -0.832. The van der Waals surface area contributed by atoms with Crippen molar-refractivity contribution in [3.8, 4) is 5.75 Å². The molecule has 0 fully saturated rings. The first-order chi connectivity index (χ1) is 10.1. The highest BCUT2D eigenvalue weighted by Crippen LogP contribution is 2.40. The van der Waals surface area contributed by atoms with Gasteiger partial charge in [-0.3, -0.25) is 4.79 Å². The van der Waals surface area contributed by atoms with Crippen LogP contribution in [-0.2, 0) is 11.4 Å². The lowest BCUT2D eigenvalue weighted by Gasteiger charge is -2.25. The quantitative estimate of drug-likeness (QED) is 0.936. The fourth-order valence-electron chi connectivity index (χ4n) is 2.45. The van der Waals surface area contributed by atoms with E-state index in [0.717, 1.165) is 16.9 Å². The van der Waals surface area contributed by atoms with E-state index in [-0.39, 0.29) is 6.42 Å². The van der Waals surface area contributed by atoms with Crippen LogP contribution in [0, 0.1) is 0 Å².